The number of hydrogen-bond acceptors (Lipinski definition) is 3. The summed E-state index contributed by atoms with van der Waals surface area (Å²) in [5.41, 5.74) is 8.37. The van der Waals surface area contributed by atoms with Crippen LogP contribution in [0.25, 0.3) is 22.0 Å². The van der Waals surface area contributed by atoms with Crippen molar-refractivity contribution >= 4 is 17.0 Å². The Labute approximate surface area is 175 Å². The molecule has 0 saturated carbocycles. The number of fused-ring (bicyclic) bond motifs is 1. The molecule has 0 unspecified atom stereocenters. The summed E-state index contributed by atoms with van der Waals surface area (Å²) in [6.45, 7) is -0.118. The molecular formula is C25H22N2O3. The Bertz CT molecular complexity index is 1080. The highest BCUT2D eigenvalue weighted by atomic mass is 16.4. The van der Waals surface area contributed by atoms with Crippen LogP contribution in [0.5, 0.6) is 0 Å². The van der Waals surface area contributed by atoms with Gasteiger partial charge in [-0.3, -0.25) is 4.98 Å². The maximum atomic E-state index is 8.78. The molecular weight excluding hydrogens is 376 g/mol. The fraction of sp³-hybridized carbons (Fsp3) is 0.0400. The van der Waals surface area contributed by atoms with Crippen molar-refractivity contribution in [2.45, 2.75) is 0 Å². The summed E-state index contributed by atoms with van der Waals surface area (Å²) in [7, 11) is 0. The summed E-state index contributed by atoms with van der Waals surface area (Å²) < 4.78 is 0. The fourth-order valence-electron chi connectivity index (χ4n) is 2.54. The zero-order valence-corrected chi connectivity index (χ0v) is 16.3. The van der Waals surface area contributed by atoms with Crippen molar-refractivity contribution < 1.29 is 15.0 Å². The third-order valence-electron chi connectivity index (χ3n) is 3.78. The van der Waals surface area contributed by atoms with Crippen LogP contribution in [0.3, 0.4) is 0 Å². The number of nitrogens with two attached hydrogens (primary N) is 1. The highest BCUT2D eigenvalue weighted by Gasteiger charge is 1.93. The van der Waals surface area contributed by atoms with E-state index in [1.165, 1.54) is 11.1 Å². The van der Waals surface area contributed by atoms with Gasteiger partial charge in [0.15, 0.2) is 0 Å². The van der Waals surface area contributed by atoms with Gasteiger partial charge in [-0.15, -0.1) is 0 Å². The van der Waals surface area contributed by atoms with E-state index in [-0.39, 0.29) is 6.61 Å². The van der Waals surface area contributed by atoms with Crippen LogP contribution in [0, 0.1) is 11.8 Å². The van der Waals surface area contributed by atoms with Crippen molar-refractivity contribution in [1.82, 2.24) is 4.98 Å². The number of benzene rings is 3. The molecule has 0 aliphatic carbocycles. The van der Waals surface area contributed by atoms with E-state index in [2.05, 4.69) is 71.1 Å². The Kier molecular flexibility index (Phi) is 9.12. The first-order valence-corrected chi connectivity index (χ1v) is 9.13. The number of para-hydroxylation sites is 1. The van der Waals surface area contributed by atoms with Gasteiger partial charge < -0.3 is 15.9 Å². The quantitative estimate of drug-likeness (QED) is 0.410. The topological polar surface area (TPSA) is 96.4 Å². The first kappa shape index (κ1) is 22.2. The van der Waals surface area contributed by atoms with E-state index in [0.29, 0.717) is 0 Å². The van der Waals surface area contributed by atoms with Crippen molar-refractivity contribution in [2.24, 2.45) is 5.73 Å². The monoisotopic (exact) mass is 398 g/mol. The first-order valence-electron chi connectivity index (χ1n) is 9.13. The molecule has 1 amide bonds. The number of carboxylic acid groups (broad SMARTS) is 1. The van der Waals surface area contributed by atoms with Gasteiger partial charge in [0.1, 0.15) is 6.61 Å². The van der Waals surface area contributed by atoms with Crippen LogP contribution >= 0.6 is 0 Å². The molecule has 5 heteroatoms. The number of carbonyl (C=O) groups is 1. The molecule has 30 heavy (non-hydrogen) atoms. The fourth-order valence-corrected chi connectivity index (χ4v) is 2.54. The van der Waals surface area contributed by atoms with Crippen LogP contribution in [0.1, 0.15) is 5.56 Å². The molecule has 0 bridgehead atoms. The van der Waals surface area contributed by atoms with Gasteiger partial charge in [-0.2, -0.15) is 0 Å². The van der Waals surface area contributed by atoms with Crippen molar-refractivity contribution in [3.8, 4) is 23.0 Å². The average Bonchev–Trinajstić information content (AvgIpc) is 2.79. The third kappa shape index (κ3) is 7.85. The largest absolute Gasteiger partial charge is 0.465 e. The number of aromatic nitrogens is 1. The predicted octanol–water partition coefficient (Wildman–Crippen LogP) is 4.56. The van der Waals surface area contributed by atoms with Gasteiger partial charge in [0, 0.05) is 17.1 Å². The molecule has 0 atom stereocenters. The van der Waals surface area contributed by atoms with Crippen LogP contribution in [0.15, 0.2) is 97.2 Å². The lowest BCUT2D eigenvalue weighted by Gasteiger charge is -1.98. The van der Waals surface area contributed by atoms with Crippen molar-refractivity contribution in [1.29, 1.82) is 0 Å². The van der Waals surface area contributed by atoms with Crippen LogP contribution in [0.2, 0.25) is 0 Å². The van der Waals surface area contributed by atoms with Crippen LogP contribution < -0.4 is 5.73 Å². The summed E-state index contributed by atoms with van der Waals surface area (Å²) in [5.74, 6) is 5.42. The van der Waals surface area contributed by atoms with E-state index in [0.717, 1.165) is 16.5 Å². The van der Waals surface area contributed by atoms with Crippen LogP contribution in [-0.4, -0.2) is 27.9 Å². The molecule has 0 spiro atoms. The number of nitrogens with zero attached hydrogens (tertiary/aromatic N) is 1. The van der Waals surface area contributed by atoms with E-state index in [4.69, 9.17) is 15.0 Å². The summed E-state index contributed by atoms with van der Waals surface area (Å²) in [6, 6.07) is 30.6. The molecule has 4 N–H and O–H groups in total. The second-order valence-electron chi connectivity index (χ2n) is 5.95. The van der Waals surface area contributed by atoms with E-state index in [1.807, 2.05) is 42.5 Å². The van der Waals surface area contributed by atoms with Gasteiger partial charge in [0.2, 0.25) is 0 Å². The number of pyridine rings is 1. The molecule has 3 aromatic carbocycles. The molecule has 4 rings (SSSR count). The van der Waals surface area contributed by atoms with Crippen molar-refractivity contribution in [3.63, 3.8) is 0 Å². The minimum atomic E-state index is -1.33. The summed E-state index contributed by atoms with van der Waals surface area (Å²) >= 11 is 0. The standard InChI is InChI=1S/C12H9NO.C12H10.CH3NO2/c14-7-3-4-10-8-11-5-1-2-6-12(11)13-9-10;1-3-7-11(8-4-1)12-9-5-2-6-10-12;2-1(3)4/h1-2,5-6,8-9,14H,7H2;1-10H;2H2,(H,3,4). The Hall–Kier alpha value is -4.14. The van der Waals surface area contributed by atoms with E-state index < -0.39 is 6.09 Å². The molecule has 0 radical (unpaired) electrons. The normalized spacial score (nSPS) is 9.10. The Morgan fingerprint density at radius 3 is 1.90 bits per heavy atom. The molecule has 150 valence electrons. The smallest absolute Gasteiger partial charge is 0.402 e. The number of aliphatic hydroxyl groups is 1. The molecule has 1 aromatic heterocycles. The molecule has 4 aromatic rings. The number of rotatable bonds is 1. The molecule has 0 aliphatic rings. The number of amides is 1. The summed E-state index contributed by atoms with van der Waals surface area (Å²) in [4.78, 5) is 13.0. The average molecular weight is 398 g/mol. The zero-order chi connectivity index (χ0) is 21.6. The van der Waals surface area contributed by atoms with E-state index >= 15 is 0 Å². The predicted molar refractivity (Wildman–Crippen MR) is 120 cm³/mol. The lowest BCUT2D eigenvalue weighted by atomic mass is 10.1. The van der Waals surface area contributed by atoms with Gasteiger partial charge >= 0.3 is 6.09 Å². The maximum Gasteiger partial charge on any atom is 0.402 e. The first-order chi connectivity index (χ1) is 14.6. The molecule has 1 heterocycles. The van der Waals surface area contributed by atoms with Gasteiger partial charge in [0.25, 0.3) is 0 Å². The molecule has 0 saturated heterocycles. The highest BCUT2D eigenvalue weighted by molar-refractivity contribution is 5.79. The molecule has 0 aliphatic heterocycles. The van der Waals surface area contributed by atoms with E-state index in [1.54, 1.807) is 6.20 Å². The minimum absolute atomic E-state index is 0.118. The third-order valence-corrected chi connectivity index (χ3v) is 3.78. The molecule has 0 fully saturated rings. The summed E-state index contributed by atoms with van der Waals surface area (Å²) in [5, 5.41) is 16.8. The number of aliphatic hydroxyl groups excluding tert-OH is 1. The van der Waals surface area contributed by atoms with Gasteiger partial charge in [0.05, 0.1) is 5.52 Å². The van der Waals surface area contributed by atoms with Gasteiger partial charge in [-0.1, -0.05) is 90.7 Å². The maximum absolute atomic E-state index is 8.78. The van der Waals surface area contributed by atoms with Gasteiger partial charge in [-0.05, 0) is 23.3 Å². The van der Waals surface area contributed by atoms with Crippen LogP contribution in [-0.2, 0) is 0 Å². The van der Waals surface area contributed by atoms with Crippen molar-refractivity contribution in [2.75, 3.05) is 6.61 Å². The Morgan fingerprint density at radius 2 is 1.37 bits per heavy atom. The lowest BCUT2D eigenvalue weighted by molar-refractivity contribution is 0.205. The minimum Gasteiger partial charge on any atom is -0.465 e. The second kappa shape index (κ2) is 12.3. The Balaban J connectivity index is 0.000000183. The summed E-state index contributed by atoms with van der Waals surface area (Å²) in [6.07, 6.45) is 0.380. The highest BCUT2D eigenvalue weighted by Crippen LogP contribution is 2.17. The number of primary amides is 1. The molecule has 5 nitrogen and oxygen atoms in total. The SMILES string of the molecule is NC(=O)O.OCC#Cc1cnc2ccccc2c1.c1ccc(-c2ccccc2)cc1. The second-order valence-corrected chi connectivity index (χ2v) is 5.95. The lowest BCUT2D eigenvalue weighted by Crippen LogP contribution is -2.03. The van der Waals surface area contributed by atoms with E-state index in [9.17, 15) is 0 Å². The van der Waals surface area contributed by atoms with Crippen LogP contribution in [0.4, 0.5) is 4.79 Å². The van der Waals surface area contributed by atoms with Crippen molar-refractivity contribution in [3.05, 3.63) is 103 Å². The zero-order valence-electron chi connectivity index (χ0n) is 16.3. The number of hydrogen-bond donors (Lipinski definition) is 3. The Morgan fingerprint density at radius 1 is 0.867 bits per heavy atom. The van der Waals surface area contributed by atoms with Gasteiger partial charge in [-0.25, -0.2) is 4.79 Å².